The number of benzene rings is 1. The van der Waals surface area contributed by atoms with Gasteiger partial charge in [-0.3, -0.25) is 14.5 Å². The quantitative estimate of drug-likeness (QED) is 0.794. The lowest BCUT2D eigenvalue weighted by molar-refractivity contribution is -0.137. The molecule has 1 saturated heterocycles. The fourth-order valence-electron chi connectivity index (χ4n) is 3.07. The number of amides is 2. The number of ether oxygens (including phenoxy) is 1. The largest absolute Gasteiger partial charge is 0.484 e. The van der Waals surface area contributed by atoms with Crippen LogP contribution in [0, 0.1) is 0 Å². The van der Waals surface area contributed by atoms with Gasteiger partial charge in [0, 0.05) is 32.2 Å². The van der Waals surface area contributed by atoms with E-state index in [0.717, 1.165) is 25.0 Å². The van der Waals surface area contributed by atoms with Crippen LogP contribution >= 0.6 is 0 Å². The van der Waals surface area contributed by atoms with Crippen molar-refractivity contribution in [2.45, 2.75) is 38.0 Å². The van der Waals surface area contributed by atoms with Gasteiger partial charge >= 0.3 is 6.18 Å². The molecule has 1 aromatic carbocycles. The van der Waals surface area contributed by atoms with Crippen LogP contribution in [0.3, 0.4) is 0 Å². The molecule has 154 valence electrons. The Morgan fingerprint density at radius 2 is 1.89 bits per heavy atom. The van der Waals surface area contributed by atoms with Crippen LogP contribution in [0.4, 0.5) is 13.2 Å². The van der Waals surface area contributed by atoms with Crippen molar-refractivity contribution in [3.63, 3.8) is 0 Å². The minimum Gasteiger partial charge on any atom is -0.484 e. The SMILES string of the molecule is CC(C(=O)NC1CC1)N1CCN(C(=O)COc2cccc(C(F)(F)F)c2)CC1. The van der Waals surface area contributed by atoms with Crippen LogP contribution in [0.1, 0.15) is 25.3 Å². The van der Waals surface area contributed by atoms with Crippen LogP contribution in [0.25, 0.3) is 0 Å². The standard InChI is InChI=1S/C19H24F3N3O3/c1-13(18(27)23-15-5-6-15)24-7-9-25(10-8-24)17(26)12-28-16-4-2-3-14(11-16)19(20,21)22/h2-4,11,13,15H,5-10,12H2,1H3,(H,23,27). The average molecular weight is 399 g/mol. The lowest BCUT2D eigenvalue weighted by atomic mass is 10.2. The van der Waals surface area contributed by atoms with Gasteiger partial charge in [-0.1, -0.05) is 6.07 Å². The third-order valence-corrected chi connectivity index (χ3v) is 5.04. The number of hydrogen-bond acceptors (Lipinski definition) is 4. The number of carbonyl (C=O) groups is 2. The summed E-state index contributed by atoms with van der Waals surface area (Å²) >= 11 is 0. The van der Waals surface area contributed by atoms with E-state index in [1.54, 1.807) is 4.90 Å². The van der Waals surface area contributed by atoms with Crippen molar-refractivity contribution in [3.8, 4) is 5.75 Å². The van der Waals surface area contributed by atoms with Gasteiger partial charge < -0.3 is 15.0 Å². The van der Waals surface area contributed by atoms with E-state index in [0.29, 0.717) is 32.2 Å². The zero-order valence-corrected chi connectivity index (χ0v) is 15.7. The van der Waals surface area contributed by atoms with Crippen molar-refractivity contribution in [1.82, 2.24) is 15.1 Å². The molecule has 1 unspecified atom stereocenters. The van der Waals surface area contributed by atoms with Gasteiger partial charge in [0.1, 0.15) is 5.75 Å². The van der Waals surface area contributed by atoms with Crippen LogP contribution in [0.15, 0.2) is 24.3 Å². The van der Waals surface area contributed by atoms with E-state index in [1.807, 2.05) is 11.8 Å². The van der Waals surface area contributed by atoms with Crippen LogP contribution in [0.5, 0.6) is 5.75 Å². The molecule has 3 rings (SSSR count). The smallest absolute Gasteiger partial charge is 0.416 e. The fraction of sp³-hybridized carbons (Fsp3) is 0.579. The first-order chi connectivity index (χ1) is 13.2. The summed E-state index contributed by atoms with van der Waals surface area (Å²) in [6, 6.07) is 4.53. The predicted molar refractivity (Wildman–Crippen MR) is 95.7 cm³/mol. The Kier molecular flexibility index (Phi) is 6.12. The molecule has 1 atom stereocenters. The topological polar surface area (TPSA) is 61.9 Å². The highest BCUT2D eigenvalue weighted by Gasteiger charge is 2.32. The maximum Gasteiger partial charge on any atom is 0.416 e. The van der Waals surface area contributed by atoms with Crippen molar-refractivity contribution >= 4 is 11.8 Å². The summed E-state index contributed by atoms with van der Waals surface area (Å²) in [5, 5.41) is 2.98. The number of carbonyl (C=O) groups excluding carboxylic acids is 2. The second kappa shape index (κ2) is 8.38. The first-order valence-electron chi connectivity index (χ1n) is 9.36. The van der Waals surface area contributed by atoms with E-state index in [4.69, 9.17) is 4.74 Å². The zero-order chi connectivity index (χ0) is 20.3. The number of piperazine rings is 1. The molecule has 2 amide bonds. The molecule has 1 saturated carbocycles. The summed E-state index contributed by atoms with van der Waals surface area (Å²) < 4.78 is 43.4. The van der Waals surface area contributed by atoms with Crippen LogP contribution in [0.2, 0.25) is 0 Å². The monoisotopic (exact) mass is 399 g/mol. The van der Waals surface area contributed by atoms with Gasteiger partial charge in [0.25, 0.3) is 5.91 Å². The Balaban J connectivity index is 1.44. The Hall–Kier alpha value is -2.29. The molecule has 0 bridgehead atoms. The molecule has 1 heterocycles. The van der Waals surface area contributed by atoms with Gasteiger partial charge in [0.15, 0.2) is 6.61 Å². The molecule has 2 fully saturated rings. The first kappa shape index (κ1) is 20.4. The molecule has 1 aliphatic carbocycles. The molecule has 28 heavy (non-hydrogen) atoms. The first-order valence-corrected chi connectivity index (χ1v) is 9.36. The average Bonchev–Trinajstić information content (AvgIpc) is 3.49. The van der Waals surface area contributed by atoms with E-state index in [9.17, 15) is 22.8 Å². The summed E-state index contributed by atoms with van der Waals surface area (Å²) in [6.07, 6.45) is -2.39. The Morgan fingerprint density at radius 3 is 2.50 bits per heavy atom. The van der Waals surface area contributed by atoms with Gasteiger partial charge in [-0.25, -0.2) is 0 Å². The highest BCUT2D eigenvalue weighted by molar-refractivity contribution is 5.82. The fourth-order valence-corrected chi connectivity index (χ4v) is 3.07. The zero-order valence-electron chi connectivity index (χ0n) is 15.7. The summed E-state index contributed by atoms with van der Waals surface area (Å²) in [5.74, 6) is -0.269. The summed E-state index contributed by atoms with van der Waals surface area (Å²) in [7, 11) is 0. The molecule has 0 aromatic heterocycles. The van der Waals surface area contributed by atoms with Gasteiger partial charge in [-0.15, -0.1) is 0 Å². The van der Waals surface area contributed by atoms with E-state index in [2.05, 4.69) is 5.32 Å². The number of nitrogens with zero attached hydrogens (tertiary/aromatic N) is 2. The molecule has 2 aliphatic rings. The maximum atomic E-state index is 12.7. The maximum absolute atomic E-state index is 12.7. The molecule has 1 aliphatic heterocycles. The van der Waals surface area contributed by atoms with E-state index in [1.165, 1.54) is 12.1 Å². The van der Waals surface area contributed by atoms with Crippen LogP contribution < -0.4 is 10.1 Å². The number of hydrogen-bond donors (Lipinski definition) is 1. The van der Waals surface area contributed by atoms with Crippen LogP contribution in [-0.4, -0.2) is 66.5 Å². The molecule has 1 aromatic rings. The van der Waals surface area contributed by atoms with Gasteiger partial charge in [-0.2, -0.15) is 13.2 Å². The summed E-state index contributed by atoms with van der Waals surface area (Å²) in [4.78, 5) is 28.1. The molecular formula is C19H24F3N3O3. The molecule has 0 spiro atoms. The summed E-state index contributed by atoms with van der Waals surface area (Å²) in [6.45, 7) is 3.56. The third kappa shape index (κ3) is 5.37. The van der Waals surface area contributed by atoms with Crippen molar-refractivity contribution < 1.29 is 27.5 Å². The number of nitrogens with one attached hydrogen (secondary N) is 1. The summed E-state index contributed by atoms with van der Waals surface area (Å²) in [5.41, 5.74) is -0.815. The molecule has 1 N–H and O–H groups in total. The second-order valence-electron chi connectivity index (χ2n) is 7.19. The predicted octanol–water partition coefficient (Wildman–Crippen LogP) is 1.90. The molecule has 6 nitrogen and oxygen atoms in total. The Bertz CT molecular complexity index is 714. The van der Waals surface area contributed by atoms with Crippen molar-refractivity contribution in [1.29, 1.82) is 0 Å². The van der Waals surface area contributed by atoms with Gasteiger partial charge in [-0.05, 0) is 38.0 Å². The highest BCUT2D eigenvalue weighted by Crippen LogP contribution is 2.31. The van der Waals surface area contributed by atoms with E-state index >= 15 is 0 Å². The molecule has 0 radical (unpaired) electrons. The van der Waals surface area contributed by atoms with E-state index in [-0.39, 0.29) is 30.2 Å². The Labute approximate surface area is 161 Å². The lowest BCUT2D eigenvalue weighted by Crippen LogP contribution is -2.55. The number of alkyl halides is 3. The second-order valence-corrected chi connectivity index (χ2v) is 7.19. The van der Waals surface area contributed by atoms with Crippen molar-refractivity contribution in [2.24, 2.45) is 0 Å². The normalized spacial score (nSPS) is 19.2. The van der Waals surface area contributed by atoms with Crippen molar-refractivity contribution in [3.05, 3.63) is 29.8 Å². The minimum atomic E-state index is -4.46. The van der Waals surface area contributed by atoms with E-state index < -0.39 is 11.7 Å². The van der Waals surface area contributed by atoms with Crippen molar-refractivity contribution in [2.75, 3.05) is 32.8 Å². The third-order valence-electron chi connectivity index (χ3n) is 5.04. The van der Waals surface area contributed by atoms with Gasteiger partial charge in [0.05, 0.1) is 11.6 Å². The Morgan fingerprint density at radius 1 is 1.21 bits per heavy atom. The minimum absolute atomic E-state index is 0.00665. The highest BCUT2D eigenvalue weighted by atomic mass is 19.4. The molecular weight excluding hydrogens is 375 g/mol. The molecule has 9 heteroatoms. The van der Waals surface area contributed by atoms with Gasteiger partial charge in [0.2, 0.25) is 5.91 Å². The number of rotatable bonds is 6. The number of halogens is 3. The lowest BCUT2D eigenvalue weighted by Gasteiger charge is -2.37. The van der Waals surface area contributed by atoms with Crippen LogP contribution in [-0.2, 0) is 15.8 Å².